The molecule has 1 aromatic carbocycles. The number of carbonyl (C=O) groups excluding carboxylic acids is 1. The second-order valence-corrected chi connectivity index (χ2v) is 5.49. The molecule has 6 nitrogen and oxygen atoms in total. The molecule has 2 atom stereocenters. The zero-order chi connectivity index (χ0) is 16.8. The van der Waals surface area contributed by atoms with Crippen LogP contribution in [0.5, 0.6) is 11.5 Å². The van der Waals surface area contributed by atoms with Crippen LogP contribution in [-0.2, 0) is 9.53 Å². The number of amides is 1. The fraction of sp³-hybridized carbons (Fsp3) is 0.588. The van der Waals surface area contributed by atoms with E-state index in [9.17, 15) is 9.90 Å². The normalized spacial score (nSPS) is 21.1. The van der Waals surface area contributed by atoms with Gasteiger partial charge in [0.2, 0.25) is 5.91 Å². The summed E-state index contributed by atoms with van der Waals surface area (Å²) >= 11 is 0. The first-order chi connectivity index (χ1) is 11.2. The Morgan fingerprint density at radius 1 is 1.35 bits per heavy atom. The van der Waals surface area contributed by atoms with Crippen LogP contribution < -0.4 is 9.47 Å². The van der Waals surface area contributed by atoms with Crippen molar-refractivity contribution in [3.63, 3.8) is 0 Å². The van der Waals surface area contributed by atoms with Crippen LogP contribution in [0.3, 0.4) is 0 Å². The maximum atomic E-state index is 12.5. The summed E-state index contributed by atoms with van der Waals surface area (Å²) in [5, 5.41) is 9.66. The van der Waals surface area contributed by atoms with Crippen molar-refractivity contribution in [2.45, 2.75) is 31.9 Å². The fourth-order valence-electron chi connectivity index (χ4n) is 2.95. The molecule has 0 bridgehead atoms. The average molecular weight is 323 g/mol. The van der Waals surface area contributed by atoms with Crippen LogP contribution in [0.1, 0.15) is 31.4 Å². The van der Waals surface area contributed by atoms with Crippen molar-refractivity contribution >= 4 is 5.91 Å². The molecule has 1 aliphatic rings. The van der Waals surface area contributed by atoms with Gasteiger partial charge in [-0.15, -0.1) is 0 Å². The second kappa shape index (κ2) is 8.17. The Morgan fingerprint density at radius 3 is 2.70 bits per heavy atom. The summed E-state index contributed by atoms with van der Waals surface area (Å²) in [7, 11) is 3.15. The molecule has 0 saturated carbocycles. The summed E-state index contributed by atoms with van der Waals surface area (Å²) < 4.78 is 16.3. The van der Waals surface area contributed by atoms with Gasteiger partial charge in [-0.25, -0.2) is 0 Å². The number of ether oxygens (including phenoxy) is 3. The molecule has 0 aliphatic carbocycles. The highest BCUT2D eigenvalue weighted by molar-refractivity contribution is 5.77. The minimum Gasteiger partial charge on any atom is -0.493 e. The molecule has 1 heterocycles. The number of rotatable bonds is 6. The van der Waals surface area contributed by atoms with Crippen molar-refractivity contribution in [2.75, 3.05) is 34.0 Å². The van der Waals surface area contributed by atoms with Gasteiger partial charge in [0.1, 0.15) is 6.10 Å². The van der Waals surface area contributed by atoms with E-state index in [1.165, 1.54) is 0 Å². The van der Waals surface area contributed by atoms with Crippen LogP contribution in [0.4, 0.5) is 0 Å². The van der Waals surface area contributed by atoms with Gasteiger partial charge in [0.05, 0.1) is 33.5 Å². The van der Waals surface area contributed by atoms with Gasteiger partial charge in [-0.3, -0.25) is 4.79 Å². The number of aliphatic hydroxyl groups excluding tert-OH is 1. The lowest BCUT2D eigenvalue weighted by Crippen LogP contribution is -2.49. The van der Waals surface area contributed by atoms with E-state index in [1.807, 2.05) is 19.1 Å². The predicted octanol–water partition coefficient (Wildman–Crippen LogP) is 1.76. The summed E-state index contributed by atoms with van der Waals surface area (Å²) in [4.78, 5) is 14.3. The van der Waals surface area contributed by atoms with Crippen LogP contribution >= 0.6 is 0 Å². The monoisotopic (exact) mass is 323 g/mol. The van der Waals surface area contributed by atoms with Gasteiger partial charge in [-0.1, -0.05) is 13.0 Å². The number of carbonyl (C=O) groups is 1. The summed E-state index contributed by atoms with van der Waals surface area (Å²) in [6, 6.07) is 5.20. The maximum Gasteiger partial charge on any atom is 0.223 e. The molecule has 0 radical (unpaired) electrons. The third kappa shape index (κ3) is 3.76. The number of hydrogen-bond acceptors (Lipinski definition) is 5. The first-order valence-electron chi connectivity index (χ1n) is 7.90. The van der Waals surface area contributed by atoms with E-state index in [-0.39, 0.29) is 18.6 Å². The Bertz CT molecular complexity index is 534. The lowest BCUT2D eigenvalue weighted by Gasteiger charge is -2.41. The Hall–Kier alpha value is -1.79. The molecule has 0 spiro atoms. The van der Waals surface area contributed by atoms with E-state index in [2.05, 4.69) is 0 Å². The highest BCUT2D eigenvalue weighted by atomic mass is 16.5. The van der Waals surface area contributed by atoms with Crippen molar-refractivity contribution in [3.05, 3.63) is 23.8 Å². The maximum absolute atomic E-state index is 12.5. The third-order valence-corrected chi connectivity index (χ3v) is 4.07. The number of morpholine rings is 1. The lowest BCUT2D eigenvalue weighted by molar-refractivity contribution is -0.150. The van der Waals surface area contributed by atoms with Crippen LogP contribution in [0.25, 0.3) is 0 Å². The Morgan fingerprint density at radius 2 is 2.09 bits per heavy atom. The Balaban J connectivity index is 2.38. The van der Waals surface area contributed by atoms with Crippen molar-refractivity contribution in [3.8, 4) is 11.5 Å². The van der Waals surface area contributed by atoms with Gasteiger partial charge >= 0.3 is 0 Å². The molecule has 1 N–H and O–H groups in total. The molecule has 0 unspecified atom stereocenters. The third-order valence-electron chi connectivity index (χ3n) is 4.07. The zero-order valence-corrected chi connectivity index (χ0v) is 13.9. The van der Waals surface area contributed by atoms with Crippen LogP contribution in [-0.4, -0.2) is 56.0 Å². The Kier molecular flexibility index (Phi) is 6.24. The minimum absolute atomic E-state index is 0.0778. The number of methoxy groups -OCH3 is 2. The van der Waals surface area contributed by atoms with E-state index in [4.69, 9.17) is 14.2 Å². The Labute approximate surface area is 136 Å². The van der Waals surface area contributed by atoms with Crippen LogP contribution in [0.2, 0.25) is 0 Å². The second-order valence-electron chi connectivity index (χ2n) is 5.49. The standard InChI is InChI=1S/C17H25NO5/c1-4-5-16(20)18-8-9-23-15(11-19)17(18)12-6-7-13(21-2)14(10-12)22-3/h6-7,10,15,17,19H,4-5,8-9,11H2,1-3H3/t15-,17-/m1/s1. The quantitative estimate of drug-likeness (QED) is 0.864. The molecule has 1 aromatic rings. The summed E-state index contributed by atoms with van der Waals surface area (Å²) in [5.74, 6) is 1.30. The summed E-state index contributed by atoms with van der Waals surface area (Å²) in [6.07, 6.45) is 0.836. The minimum atomic E-state index is -0.442. The van der Waals surface area contributed by atoms with E-state index >= 15 is 0 Å². The molecule has 1 amide bonds. The highest BCUT2D eigenvalue weighted by Crippen LogP contribution is 2.35. The molecule has 128 valence electrons. The number of aliphatic hydroxyl groups is 1. The van der Waals surface area contributed by atoms with Crippen molar-refractivity contribution in [1.29, 1.82) is 0 Å². The molecule has 6 heteroatoms. The molecular weight excluding hydrogens is 298 g/mol. The van der Waals surface area contributed by atoms with E-state index in [0.29, 0.717) is 31.1 Å². The molecule has 1 fully saturated rings. The molecule has 1 aliphatic heterocycles. The van der Waals surface area contributed by atoms with Gasteiger partial charge < -0.3 is 24.2 Å². The van der Waals surface area contributed by atoms with Gasteiger partial charge in [-0.2, -0.15) is 0 Å². The van der Waals surface area contributed by atoms with Crippen molar-refractivity contribution in [2.24, 2.45) is 0 Å². The van der Waals surface area contributed by atoms with Gasteiger partial charge in [-0.05, 0) is 24.1 Å². The molecule has 0 aromatic heterocycles. The fourth-order valence-corrected chi connectivity index (χ4v) is 2.95. The first kappa shape index (κ1) is 17.6. The van der Waals surface area contributed by atoms with Gasteiger partial charge in [0.25, 0.3) is 0 Å². The number of nitrogens with zero attached hydrogens (tertiary/aromatic N) is 1. The van der Waals surface area contributed by atoms with Gasteiger partial charge in [0.15, 0.2) is 11.5 Å². The largest absolute Gasteiger partial charge is 0.493 e. The highest BCUT2D eigenvalue weighted by Gasteiger charge is 2.36. The van der Waals surface area contributed by atoms with E-state index < -0.39 is 6.10 Å². The lowest BCUT2D eigenvalue weighted by atomic mass is 9.97. The van der Waals surface area contributed by atoms with Crippen LogP contribution in [0, 0.1) is 0 Å². The first-order valence-corrected chi connectivity index (χ1v) is 7.90. The van der Waals surface area contributed by atoms with Crippen molar-refractivity contribution in [1.82, 2.24) is 4.90 Å². The van der Waals surface area contributed by atoms with Crippen molar-refractivity contribution < 1.29 is 24.1 Å². The van der Waals surface area contributed by atoms with Gasteiger partial charge in [0, 0.05) is 13.0 Å². The smallest absolute Gasteiger partial charge is 0.223 e. The number of benzene rings is 1. The molecular formula is C17H25NO5. The summed E-state index contributed by atoms with van der Waals surface area (Å²) in [6.45, 7) is 2.79. The topological polar surface area (TPSA) is 68.2 Å². The van der Waals surface area contributed by atoms with Crippen LogP contribution in [0.15, 0.2) is 18.2 Å². The summed E-state index contributed by atoms with van der Waals surface area (Å²) in [5.41, 5.74) is 0.867. The average Bonchev–Trinajstić information content (AvgIpc) is 2.60. The number of hydrogen-bond donors (Lipinski definition) is 1. The molecule has 2 rings (SSSR count). The predicted molar refractivity (Wildman–Crippen MR) is 85.7 cm³/mol. The SMILES string of the molecule is CCCC(=O)N1CCO[C@H](CO)[C@H]1c1ccc(OC)c(OC)c1. The zero-order valence-electron chi connectivity index (χ0n) is 13.9. The van der Waals surface area contributed by atoms with E-state index in [1.54, 1.807) is 25.2 Å². The van der Waals surface area contributed by atoms with E-state index in [0.717, 1.165) is 12.0 Å². The molecule has 1 saturated heterocycles. The molecule has 23 heavy (non-hydrogen) atoms.